The first kappa shape index (κ1) is 16.8. The number of Topliss-reactive ketones (excluding diaryl/α,β-unsaturated/α-hetero) is 1. The van der Waals surface area contributed by atoms with Gasteiger partial charge in [0.1, 0.15) is 11.7 Å². The molecule has 0 radical (unpaired) electrons. The molecule has 0 aromatic heterocycles. The number of hydrogen-bond acceptors (Lipinski definition) is 4. The van der Waals surface area contributed by atoms with Crippen molar-refractivity contribution in [3.05, 3.63) is 0 Å². The van der Waals surface area contributed by atoms with Gasteiger partial charge in [-0.1, -0.05) is 19.8 Å². The molecule has 106 valence electrons. The van der Waals surface area contributed by atoms with Crippen LogP contribution in [0.1, 0.15) is 39.5 Å². The Bertz CT molecular complexity index is 401. The van der Waals surface area contributed by atoms with Gasteiger partial charge in [0, 0.05) is 34.0 Å². The molecule has 0 spiro atoms. The van der Waals surface area contributed by atoms with Crippen LogP contribution in [0.3, 0.4) is 0 Å². The minimum absolute atomic E-state index is 0.0207. The van der Waals surface area contributed by atoms with Gasteiger partial charge in [0.2, 0.25) is 0 Å². The zero-order chi connectivity index (χ0) is 14.5. The van der Waals surface area contributed by atoms with E-state index in [1.807, 2.05) is 0 Å². The predicted octanol–water partition coefficient (Wildman–Crippen LogP) is 3.61. The van der Waals surface area contributed by atoms with Gasteiger partial charge >= 0.3 is 5.97 Å². The lowest BCUT2D eigenvalue weighted by molar-refractivity contribution is -0.157. The minimum atomic E-state index is -0.609. The molecule has 1 rings (SSSR count). The van der Waals surface area contributed by atoms with Gasteiger partial charge < -0.3 is 4.74 Å². The van der Waals surface area contributed by atoms with Crippen molar-refractivity contribution in [2.45, 2.75) is 39.5 Å². The number of rotatable bonds is 3. The van der Waals surface area contributed by atoms with Crippen LogP contribution in [0.2, 0.25) is 0 Å². The van der Waals surface area contributed by atoms with Gasteiger partial charge in [0.15, 0.2) is 0 Å². The van der Waals surface area contributed by atoms with Crippen molar-refractivity contribution in [1.29, 1.82) is 0 Å². The summed E-state index contributed by atoms with van der Waals surface area (Å²) in [5.74, 6) is 2.10. The van der Waals surface area contributed by atoms with E-state index in [0.29, 0.717) is 12.8 Å². The van der Waals surface area contributed by atoms with Crippen molar-refractivity contribution in [3.8, 4) is 11.2 Å². The van der Waals surface area contributed by atoms with Crippen molar-refractivity contribution in [3.63, 3.8) is 0 Å². The van der Waals surface area contributed by atoms with Gasteiger partial charge in [-0.3, -0.25) is 9.59 Å². The largest absolute Gasteiger partial charge is 0.468 e. The van der Waals surface area contributed by atoms with Gasteiger partial charge in [0.05, 0.1) is 7.11 Å². The standard InChI is InChI=1S/C14H19IO3S/c1-14(2)8-7-11(16)12(13(17)18-3)10(14)6-4-5-9-19-15/h10,12H,4,6-8H2,1-3H3. The van der Waals surface area contributed by atoms with Crippen molar-refractivity contribution >= 4 is 41.9 Å². The van der Waals surface area contributed by atoms with Crippen LogP contribution in [0.5, 0.6) is 0 Å². The molecule has 0 N–H and O–H groups in total. The van der Waals surface area contributed by atoms with E-state index >= 15 is 0 Å². The van der Waals surface area contributed by atoms with Gasteiger partial charge in [-0.15, -0.1) is 0 Å². The average Bonchev–Trinajstić information content (AvgIpc) is 2.38. The van der Waals surface area contributed by atoms with Gasteiger partial charge in [0.25, 0.3) is 0 Å². The Morgan fingerprint density at radius 1 is 1.58 bits per heavy atom. The quantitative estimate of drug-likeness (QED) is 0.318. The van der Waals surface area contributed by atoms with Gasteiger partial charge in [-0.05, 0) is 38.4 Å². The maximum Gasteiger partial charge on any atom is 0.316 e. The van der Waals surface area contributed by atoms with Crippen LogP contribution < -0.4 is 0 Å². The van der Waals surface area contributed by atoms with Crippen molar-refractivity contribution in [2.24, 2.45) is 17.3 Å². The molecule has 0 aromatic rings. The van der Waals surface area contributed by atoms with Gasteiger partial charge in [-0.25, -0.2) is 0 Å². The molecular weight excluding hydrogens is 375 g/mol. The highest BCUT2D eigenvalue weighted by molar-refractivity contribution is 14.2. The summed E-state index contributed by atoms with van der Waals surface area (Å²) in [6.07, 6.45) is 2.78. The fourth-order valence-electron chi connectivity index (χ4n) is 2.75. The van der Waals surface area contributed by atoms with E-state index in [1.165, 1.54) is 16.0 Å². The van der Waals surface area contributed by atoms with Crippen LogP contribution in [0.25, 0.3) is 0 Å². The molecule has 19 heavy (non-hydrogen) atoms. The molecule has 2 atom stereocenters. The van der Waals surface area contributed by atoms with Crippen LogP contribution in [0.4, 0.5) is 0 Å². The number of ether oxygens (including phenoxy) is 1. The summed E-state index contributed by atoms with van der Waals surface area (Å²) in [6.45, 7) is 4.25. The molecule has 5 heteroatoms. The number of carbonyl (C=O) groups is 2. The van der Waals surface area contributed by atoms with Crippen LogP contribution in [0.15, 0.2) is 0 Å². The van der Waals surface area contributed by atoms with E-state index in [2.05, 4.69) is 46.2 Å². The molecule has 1 aliphatic rings. The summed E-state index contributed by atoms with van der Waals surface area (Å²) in [4.78, 5) is 23.9. The monoisotopic (exact) mass is 394 g/mol. The normalized spacial score (nSPS) is 25.4. The SMILES string of the molecule is COC(=O)C1C(=O)CCC(C)(C)C1CCC#CSI. The van der Waals surface area contributed by atoms with E-state index in [1.54, 1.807) is 0 Å². The van der Waals surface area contributed by atoms with Crippen LogP contribution in [-0.2, 0) is 14.3 Å². The average molecular weight is 394 g/mol. The summed E-state index contributed by atoms with van der Waals surface area (Å²) in [5, 5.41) is 2.94. The maximum atomic E-state index is 12.0. The molecular formula is C14H19IO3S. The number of halogens is 1. The summed E-state index contributed by atoms with van der Waals surface area (Å²) >= 11 is 2.13. The van der Waals surface area contributed by atoms with Gasteiger partial charge in [-0.2, -0.15) is 0 Å². The lowest BCUT2D eigenvalue weighted by atomic mass is 9.61. The highest BCUT2D eigenvalue weighted by Gasteiger charge is 2.46. The third kappa shape index (κ3) is 4.38. The van der Waals surface area contributed by atoms with Crippen LogP contribution >= 0.6 is 30.1 Å². The lowest BCUT2D eigenvalue weighted by Gasteiger charge is -2.41. The Morgan fingerprint density at radius 3 is 2.84 bits per heavy atom. The van der Waals surface area contributed by atoms with Crippen LogP contribution in [0, 0.1) is 28.4 Å². The number of esters is 1. The highest BCUT2D eigenvalue weighted by Crippen LogP contribution is 2.45. The Kier molecular flexibility index (Phi) is 6.67. The van der Waals surface area contributed by atoms with Crippen molar-refractivity contribution < 1.29 is 14.3 Å². The highest BCUT2D eigenvalue weighted by atomic mass is 127. The van der Waals surface area contributed by atoms with Crippen molar-refractivity contribution in [1.82, 2.24) is 0 Å². The Morgan fingerprint density at radius 2 is 2.26 bits per heavy atom. The molecule has 1 aliphatic carbocycles. The van der Waals surface area contributed by atoms with E-state index < -0.39 is 5.92 Å². The lowest BCUT2D eigenvalue weighted by Crippen LogP contribution is -2.44. The van der Waals surface area contributed by atoms with E-state index in [-0.39, 0.29) is 23.1 Å². The topological polar surface area (TPSA) is 43.4 Å². The Labute approximate surface area is 131 Å². The smallest absolute Gasteiger partial charge is 0.316 e. The third-order valence-corrected chi connectivity index (χ3v) is 4.80. The second-order valence-corrected chi connectivity index (χ2v) is 7.14. The first-order valence-corrected chi connectivity index (χ1v) is 9.66. The molecule has 3 nitrogen and oxygen atoms in total. The minimum Gasteiger partial charge on any atom is -0.468 e. The Balaban J connectivity index is 2.87. The molecule has 0 aliphatic heterocycles. The molecule has 1 fully saturated rings. The summed E-state index contributed by atoms with van der Waals surface area (Å²) in [6, 6.07) is 0. The van der Waals surface area contributed by atoms with E-state index in [9.17, 15) is 9.59 Å². The number of hydrogen-bond donors (Lipinski definition) is 0. The molecule has 2 unspecified atom stereocenters. The summed E-state index contributed by atoms with van der Waals surface area (Å²) < 4.78 is 4.81. The molecule has 0 bridgehead atoms. The first-order valence-electron chi connectivity index (χ1n) is 6.30. The van der Waals surface area contributed by atoms with Crippen molar-refractivity contribution in [2.75, 3.05) is 7.11 Å². The summed E-state index contributed by atoms with van der Waals surface area (Å²) in [7, 11) is 2.80. The number of carbonyl (C=O) groups excluding carboxylic acids is 2. The number of ketones is 1. The number of methoxy groups -OCH3 is 1. The first-order chi connectivity index (χ1) is 8.94. The second-order valence-electron chi connectivity index (χ2n) is 5.46. The maximum absolute atomic E-state index is 12.0. The molecule has 0 aromatic carbocycles. The third-order valence-electron chi connectivity index (χ3n) is 3.91. The zero-order valence-corrected chi connectivity index (χ0v) is 14.5. The fourth-order valence-corrected chi connectivity index (χ4v) is 3.37. The molecule has 0 heterocycles. The molecule has 1 saturated carbocycles. The predicted molar refractivity (Wildman–Crippen MR) is 85.6 cm³/mol. The van der Waals surface area contributed by atoms with E-state index in [4.69, 9.17) is 4.74 Å². The van der Waals surface area contributed by atoms with E-state index in [0.717, 1.165) is 12.8 Å². The second kappa shape index (κ2) is 7.53. The summed E-state index contributed by atoms with van der Waals surface area (Å²) in [5.41, 5.74) is -0.0219. The fraction of sp³-hybridized carbons (Fsp3) is 0.714. The van der Waals surface area contributed by atoms with Crippen LogP contribution in [-0.4, -0.2) is 18.9 Å². The molecule has 0 amide bonds. The Hall–Kier alpha value is -0.220. The molecule has 0 saturated heterocycles. The zero-order valence-electron chi connectivity index (χ0n) is 11.5.